The van der Waals surface area contributed by atoms with Crippen LogP contribution < -0.4 is 0 Å². The highest BCUT2D eigenvalue weighted by molar-refractivity contribution is 4.57. The summed E-state index contributed by atoms with van der Waals surface area (Å²) in [5.74, 6) is 1.03. The van der Waals surface area contributed by atoms with E-state index in [0.29, 0.717) is 0 Å². The van der Waals surface area contributed by atoms with Crippen LogP contribution in [0, 0.1) is 5.92 Å². The van der Waals surface area contributed by atoms with Crippen molar-refractivity contribution in [2.45, 2.75) is 80.6 Å². The summed E-state index contributed by atoms with van der Waals surface area (Å²) >= 11 is 0. The molecule has 0 radical (unpaired) electrons. The van der Waals surface area contributed by atoms with E-state index in [0.717, 1.165) is 5.92 Å². The molecule has 0 heterocycles. The SMILES string of the molecule is C.C.CCCCC(CCC)CCC. The monoisotopic (exact) mass is 188 g/mol. The molecule has 0 rings (SSSR count). The van der Waals surface area contributed by atoms with Crippen molar-refractivity contribution in [1.29, 1.82) is 0 Å². The molecule has 0 aliphatic carbocycles. The van der Waals surface area contributed by atoms with Gasteiger partial charge in [0.05, 0.1) is 0 Å². The van der Waals surface area contributed by atoms with Crippen LogP contribution in [0.25, 0.3) is 0 Å². The molecule has 0 N–H and O–H groups in total. The van der Waals surface area contributed by atoms with Crippen molar-refractivity contribution in [2.75, 3.05) is 0 Å². The Balaban J connectivity index is -0.000000500. The molecule has 84 valence electrons. The third-order valence-electron chi connectivity index (χ3n) is 2.36. The quantitative estimate of drug-likeness (QED) is 0.483. The average molecular weight is 188 g/mol. The summed E-state index contributed by atoms with van der Waals surface area (Å²) in [7, 11) is 0. The van der Waals surface area contributed by atoms with E-state index < -0.39 is 0 Å². The van der Waals surface area contributed by atoms with Crippen LogP contribution in [0.1, 0.15) is 80.6 Å². The minimum absolute atomic E-state index is 0. The maximum atomic E-state index is 2.30. The Kier molecular flexibility index (Phi) is 20.9. The van der Waals surface area contributed by atoms with E-state index in [1.165, 1.54) is 44.9 Å². The Morgan fingerprint density at radius 1 is 0.692 bits per heavy atom. The Hall–Kier alpha value is 0. The van der Waals surface area contributed by atoms with Gasteiger partial charge in [-0.15, -0.1) is 0 Å². The molecule has 13 heavy (non-hydrogen) atoms. The molecule has 0 spiro atoms. The molecule has 0 atom stereocenters. The summed E-state index contributed by atoms with van der Waals surface area (Å²) in [4.78, 5) is 0. The Morgan fingerprint density at radius 2 is 1.15 bits per heavy atom. The molecule has 0 aromatic carbocycles. The van der Waals surface area contributed by atoms with Crippen molar-refractivity contribution in [3.8, 4) is 0 Å². The van der Waals surface area contributed by atoms with Crippen molar-refractivity contribution in [1.82, 2.24) is 0 Å². The second-order valence-corrected chi connectivity index (χ2v) is 3.59. The number of hydrogen-bond donors (Lipinski definition) is 0. The summed E-state index contributed by atoms with van der Waals surface area (Å²) in [6, 6.07) is 0. The lowest BCUT2D eigenvalue weighted by Gasteiger charge is -2.13. The van der Waals surface area contributed by atoms with Gasteiger partial charge in [0.15, 0.2) is 0 Å². The van der Waals surface area contributed by atoms with Gasteiger partial charge in [-0.25, -0.2) is 0 Å². The summed E-state index contributed by atoms with van der Waals surface area (Å²) in [6.07, 6.45) is 9.91. The number of hydrogen-bond acceptors (Lipinski definition) is 0. The van der Waals surface area contributed by atoms with Crippen molar-refractivity contribution in [3.05, 3.63) is 0 Å². The predicted octanol–water partition coefficient (Wildman–Crippen LogP) is 5.67. The topological polar surface area (TPSA) is 0 Å². The molecule has 0 heteroatoms. The molecule has 0 aromatic heterocycles. The van der Waals surface area contributed by atoms with Crippen molar-refractivity contribution in [2.24, 2.45) is 5.92 Å². The smallest absolute Gasteiger partial charge is 0.0414 e. The van der Waals surface area contributed by atoms with Gasteiger partial charge in [0.1, 0.15) is 0 Å². The van der Waals surface area contributed by atoms with Gasteiger partial charge >= 0.3 is 0 Å². The summed E-state index contributed by atoms with van der Waals surface area (Å²) in [5, 5.41) is 0. The fourth-order valence-electron chi connectivity index (χ4n) is 1.74. The summed E-state index contributed by atoms with van der Waals surface area (Å²) in [5.41, 5.74) is 0. The first kappa shape index (κ1) is 18.7. The molecular formula is C13H32. The van der Waals surface area contributed by atoms with Crippen LogP contribution in [-0.2, 0) is 0 Å². The van der Waals surface area contributed by atoms with Crippen LogP contribution >= 0.6 is 0 Å². The molecule has 0 bridgehead atoms. The minimum Gasteiger partial charge on any atom is -0.0776 e. The molecule has 0 aliphatic heterocycles. The van der Waals surface area contributed by atoms with Crippen LogP contribution in [0.2, 0.25) is 0 Å². The van der Waals surface area contributed by atoms with Crippen molar-refractivity contribution >= 4 is 0 Å². The molecule has 0 saturated heterocycles. The standard InChI is InChI=1S/C11H24.2CH4/c1-4-7-10-11(8-5-2)9-6-3;;/h11H,4-10H2,1-3H3;2*1H4. The van der Waals surface area contributed by atoms with Gasteiger partial charge in [-0.2, -0.15) is 0 Å². The highest BCUT2D eigenvalue weighted by Crippen LogP contribution is 2.19. The van der Waals surface area contributed by atoms with Gasteiger partial charge in [-0.1, -0.05) is 80.6 Å². The zero-order valence-electron chi connectivity index (χ0n) is 8.53. The average Bonchev–Trinajstić information content (AvgIpc) is 2.01. The van der Waals surface area contributed by atoms with Crippen LogP contribution in [0.4, 0.5) is 0 Å². The zero-order chi connectivity index (χ0) is 8.53. The molecular weight excluding hydrogens is 156 g/mol. The number of rotatable bonds is 7. The van der Waals surface area contributed by atoms with E-state index in [9.17, 15) is 0 Å². The molecule has 0 amide bonds. The highest BCUT2D eigenvalue weighted by atomic mass is 14.1. The maximum absolute atomic E-state index is 2.30. The normalized spacial score (nSPS) is 9.23. The van der Waals surface area contributed by atoms with Crippen molar-refractivity contribution in [3.63, 3.8) is 0 Å². The fraction of sp³-hybridized carbons (Fsp3) is 1.00. The van der Waals surface area contributed by atoms with Gasteiger partial charge in [-0.3, -0.25) is 0 Å². The Labute approximate surface area is 87.1 Å². The highest BCUT2D eigenvalue weighted by Gasteiger charge is 2.04. The largest absolute Gasteiger partial charge is 0.0776 e. The summed E-state index contributed by atoms with van der Waals surface area (Å²) < 4.78 is 0. The van der Waals surface area contributed by atoms with E-state index in [4.69, 9.17) is 0 Å². The maximum Gasteiger partial charge on any atom is -0.0414 e. The van der Waals surface area contributed by atoms with Crippen LogP contribution in [-0.4, -0.2) is 0 Å². The van der Waals surface area contributed by atoms with Gasteiger partial charge in [-0.05, 0) is 5.92 Å². The third kappa shape index (κ3) is 12.0. The fourth-order valence-corrected chi connectivity index (χ4v) is 1.74. The molecule has 0 unspecified atom stereocenters. The lowest BCUT2D eigenvalue weighted by atomic mass is 9.93. The second-order valence-electron chi connectivity index (χ2n) is 3.59. The zero-order valence-corrected chi connectivity index (χ0v) is 8.53. The second kappa shape index (κ2) is 14.5. The van der Waals surface area contributed by atoms with E-state index in [1.807, 2.05) is 0 Å². The molecule has 0 aromatic rings. The van der Waals surface area contributed by atoms with Gasteiger partial charge < -0.3 is 0 Å². The predicted molar refractivity (Wildman–Crippen MR) is 66.3 cm³/mol. The van der Waals surface area contributed by atoms with Gasteiger partial charge in [0, 0.05) is 0 Å². The number of unbranched alkanes of at least 4 members (excludes halogenated alkanes) is 1. The van der Waals surface area contributed by atoms with Crippen LogP contribution in [0.3, 0.4) is 0 Å². The van der Waals surface area contributed by atoms with E-state index in [2.05, 4.69) is 20.8 Å². The summed E-state index contributed by atoms with van der Waals surface area (Å²) in [6.45, 7) is 6.89. The molecule has 0 nitrogen and oxygen atoms in total. The van der Waals surface area contributed by atoms with Crippen molar-refractivity contribution < 1.29 is 0 Å². The third-order valence-corrected chi connectivity index (χ3v) is 2.36. The van der Waals surface area contributed by atoms with E-state index in [1.54, 1.807) is 0 Å². The lowest BCUT2D eigenvalue weighted by Crippen LogP contribution is -1.99. The lowest BCUT2D eigenvalue weighted by molar-refractivity contribution is 0.398. The minimum atomic E-state index is 0. The van der Waals surface area contributed by atoms with Crippen LogP contribution in [0.5, 0.6) is 0 Å². The van der Waals surface area contributed by atoms with Gasteiger partial charge in [0.25, 0.3) is 0 Å². The first-order chi connectivity index (χ1) is 5.35. The molecule has 0 fully saturated rings. The molecule has 0 saturated carbocycles. The van der Waals surface area contributed by atoms with Crippen LogP contribution in [0.15, 0.2) is 0 Å². The van der Waals surface area contributed by atoms with Gasteiger partial charge in [0.2, 0.25) is 0 Å². The first-order valence-corrected chi connectivity index (χ1v) is 5.35. The Bertz CT molecular complexity index is 60.4. The Morgan fingerprint density at radius 3 is 1.46 bits per heavy atom. The molecule has 0 aliphatic rings. The first-order valence-electron chi connectivity index (χ1n) is 5.35. The van der Waals surface area contributed by atoms with E-state index >= 15 is 0 Å². The van der Waals surface area contributed by atoms with E-state index in [-0.39, 0.29) is 14.9 Å².